The second-order valence-corrected chi connectivity index (χ2v) is 8.99. The zero-order valence-electron chi connectivity index (χ0n) is 20.0. The number of imidazole rings is 1. The summed E-state index contributed by atoms with van der Waals surface area (Å²) < 4.78 is 14.6. The molecular formula is C26H29FN6O3. The molecule has 10 heteroatoms. The van der Waals surface area contributed by atoms with Crippen LogP contribution in [0.15, 0.2) is 54.9 Å². The number of hydrogen-bond donors (Lipinski definition) is 3. The van der Waals surface area contributed by atoms with Crippen LogP contribution in [0.3, 0.4) is 0 Å². The van der Waals surface area contributed by atoms with Gasteiger partial charge < -0.3 is 21.3 Å². The molecule has 0 bridgehead atoms. The highest BCUT2D eigenvalue weighted by Gasteiger charge is 2.23. The van der Waals surface area contributed by atoms with Gasteiger partial charge in [0.1, 0.15) is 17.8 Å². The average molecular weight is 493 g/mol. The van der Waals surface area contributed by atoms with Gasteiger partial charge in [0.05, 0.1) is 0 Å². The molecule has 2 heterocycles. The van der Waals surface area contributed by atoms with Gasteiger partial charge in [-0.2, -0.15) is 0 Å². The van der Waals surface area contributed by atoms with Crippen molar-refractivity contribution in [1.82, 2.24) is 19.8 Å². The quantitative estimate of drug-likeness (QED) is 0.446. The molecule has 1 aromatic heterocycles. The molecular weight excluding hydrogens is 463 g/mol. The molecule has 1 fully saturated rings. The fourth-order valence-corrected chi connectivity index (χ4v) is 4.35. The number of piperidine rings is 1. The number of carbonyl (C=O) groups is 3. The smallest absolute Gasteiger partial charge is 0.270 e. The monoisotopic (exact) mass is 492 g/mol. The summed E-state index contributed by atoms with van der Waals surface area (Å²) in [6.45, 7) is 5.39. The zero-order valence-corrected chi connectivity index (χ0v) is 20.0. The Hall–Kier alpha value is -4.05. The summed E-state index contributed by atoms with van der Waals surface area (Å²) in [6, 6.07) is 11.9. The highest BCUT2D eigenvalue weighted by Crippen LogP contribution is 2.19. The van der Waals surface area contributed by atoms with Crippen molar-refractivity contribution in [3.63, 3.8) is 0 Å². The molecule has 1 unspecified atom stereocenters. The summed E-state index contributed by atoms with van der Waals surface area (Å²) in [7, 11) is 0. The van der Waals surface area contributed by atoms with Crippen LogP contribution < -0.4 is 16.4 Å². The summed E-state index contributed by atoms with van der Waals surface area (Å²) in [5, 5.41) is 5.61. The molecule has 36 heavy (non-hydrogen) atoms. The Labute approximate surface area is 208 Å². The normalized spacial score (nSPS) is 15.9. The first-order valence-corrected chi connectivity index (χ1v) is 11.9. The maximum absolute atomic E-state index is 13.1. The van der Waals surface area contributed by atoms with Crippen molar-refractivity contribution < 1.29 is 18.8 Å². The molecule has 0 spiro atoms. The number of halogens is 1. The minimum absolute atomic E-state index is 0.0533. The van der Waals surface area contributed by atoms with Crippen LogP contribution in [0.4, 0.5) is 10.1 Å². The molecule has 3 aromatic rings. The van der Waals surface area contributed by atoms with E-state index in [4.69, 9.17) is 5.73 Å². The van der Waals surface area contributed by atoms with Crippen molar-refractivity contribution in [3.8, 4) is 5.69 Å². The number of primary amides is 1. The molecule has 4 rings (SSSR count). The van der Waals surface area contributed by atoms with E-state index < -0.39 is 17.6 Å². The number of amides is 3. The molecule has 4 N–H and O–H groups in total. The van der Waals surface area contributed by atoms with Gasteiger partial charge in [-0.05, 0) is 73.8 Å². The van der Waals surface area contributed by atoms with Crippen LogP contribution in [0, 0.1) is 11.7 Å². The van der Waals surface area contributed by atoms with E-state index in [-0.39, 0.29) is 17.3 Å². The first-order chi connectivity index (χ1) is 17.3. The van der Waals surface area contributed by atoms with Gasteiger partial charge in [0.25, 0.3) is 17.7 Å². The molecule has 1 aliphatic heterocycles. The number of likely N-dealkylation sites (tertiary alicyclic amines) is 1. The number of nitrogens with two attached hydrogens (primary N) is 1. The lowest BCUT2D eigenvalue weighted by Crippen LogP contribution is -2.40. The number of carbonyl (C=O) groups excluding carboxylic acids is 3. The lowest BCUT2D eigenvalue weighted by molar-refractivity contribution is 0.0920. The third-order valence-corrected chi connectivity index (χ3v) is 6.18. The summed E-state index contributed by atoms with van der Waals surface area (Å²) >= 11 is 0. The van der Waals surface area contributed by atoms with Crippen molar-refractivity contribution in [2.24, 2.45) is 11.7 Å². The average Bonchev–Trinajstić information content (AvgIpc) is 3.31. The summed E-state index contributed by atoms with van der Waals surface area (Å²) in [5.74, 6) is -1.41. The van der Waals surface area contributed by atoms with E-state index in [0.717, 1.165) is 26.1 Å². The predicted octanol–water partition coefficient (Wildman–Crippen LogP) is 2.82. The van der Waals surface area contributed by atoms with Crippen LogP contribution in [-0.2, 0) is 0 Å². The number of nitrogens with zero attached hydrogens (tertiary/aromatic N) is 3. The van der Waals surface area contributed by atoms with E-state index in [1.807, 2.05) is 0 Å². The van der Waals surface area contributed by atoms with Gasteiger partial charge in [-0.15, -0.1) is 0 Å². The first kappa shape index (κ1) is 25.1. The molecule has 0 saturated carbocycles. The van der Waals surface area contributed by atoms with Gasteiger partial charge in [0, 0.05) is 36.6 Å². The number of hydrogen-bond acceptors (Lipinski definition) is 5. The highest BCUT2D eigenvalue weighted by atomic mass is 19.1. The molecule has 0 aliphatic carbocycles. The van der Waals surface area contributed by atoms with Gasteiger partial charge in [-0.1, -0.05) is 6.92 Å². The van der Waals surface area contributed by atoms with Crippen LogP contribution >= 0.6 is 0 Å². The van der Waals surface area contributed by atoms with Crippen molar-refractivity contribution in [2.75, 3.05) is 31.5 Å². The maximum atomic E-state index is 13.1. The molecule has 3 amide bonds. The minimum Gasteiger partial charge on any atom is -0.364 e. The highest BCUT2D eigenvalue weighted by molar-refractivity contribution is 6.05. The van der Waals surface area contributed by atoms with Gasteiger partial charge in [0.15, 0.2) is 5.69 Å². The van der Waals surface area contributed by atoms with E-state index >= 15 is 0 Å². The Bertz CT molecular complexity index is 1240. The Balaban J connectivity index is 1.46. The van der Waals surface area contributed by atoms with Crippen LogP contribution in [0.2, 0.25) is 0 Å². The number of nitrogens with one attached hydrogen (secondary N) is 2. The topological polar surface area (TPSA) is 122 Å². The second kappa shape index (κ2) is 11.1. The molecule has 9 nitrogen and oxygen atoms in total. The molecule has 0 radical (unpaired) electrons. The number of anilines is 1. The van der Waals surface area contributed by atoms with E-state index in [1.54, 1.807) is 24.3 Å². The molecule has 1 aliphatic rings. The Kier molecular flexibility index (Phi) is 7.74. The zero-order chi connectivity index (χ0) is 25.7. The summed E-state index contributed by atoms with van der Waals surface area (Å²) in [6.07, 6.45) is 3.74. The first-order valence-electron chi connectivity index (χ1n) is 11.9. The van der Waals surface area contributed by atoms with E-state index in [1.165, 1.54) is 41.6 Å². The van der Waals surface area contributed by atoms with Crippen LogP contribution in [0.5, 0.6) is 0 Å². The van der Waals surface area contributed by atoms with Crippen molar-refractivity contribution in [2.45, 2.75) is 19.8 Å². The van der Waals surface area contributed by atoms with Gasteiger partial charge in [-0.3, -0.25) is 19.0 Å². The number of benzene rings is 2. The SMILES string of the molecule is CC1CCCN(CCNC(=O)c2c(C(N)=O)ncn2-c2ccc(NC(=O)c3ccc(F)cc3)cc2)C1. The van der Waals surface area contributed by atoms with Crippen LogP contribution in [-0.4, -0.2) is 58.4 Å². The van der Waals surface area contributed by atoms with Crippen molar-refractivity contribution in [1.29, 1.82) is 0 Å². The third kappa shape index (κ3) is 5.95. The van der Waals surface area contributed by atoms with Gasteiger partial charge in [-0.25, -0.2) is 9.37 Å². The fraction of sp³-hybridized carbons (Fsp3) is 0.308. The van der Waals surface area contributed by atoms with E-state index in [0.29, 0.717) is 29.4 Å². The molecule has 2 aromatic carbocycles. The molecule has 188 valence electrons. The minimum atomic E-state index is -0.799. The van der Waals surface area contributed by atoms with Gasteiger partial charge in [0.2, 0.25) is 0 Å². The van der Waals surface area contributed by atoms with Gasteiger partial charge >= 0.3 is 0 Å². The predicted molar refractivity (Wildman–Crippen MR) is 134 cm³/mol. The van der Waals surface area contributed by atoms with Crippen molar-refractivity contribution in [3.05, 3.63) is 77.6 Å². The Morgan fingerprint density at radius 2 is 1.81 bits per heavy atom. The molecule has 1 saturated heterocycles. The lowest BCUT2D eigenvalue weighted by Gasteiger charge is -2.30. The third-order valence-electron chi connectivity index (χ3n) is 6.18. The van der Waals surface area contributed by atoms with Crippen LogP contribution in [0.1, 0.15) is 51.1 Å². The van der Waals surface area contributed by atoms with Crippen molar-refractivity contribution >= 4 is 23.4 Å². The maximum Gasteiger partial charge on any atom is 0.270 e. The number of rotatable bonds is 8. The van der Waals surface area contributed by atoms with E-state index in [9.17, 15) is 18.8 Å². The Morgan fingerprint density at radius 1 is 1.08 bits per heavy atom. The largest absolute Gasteiger partial charge is 0.364 e. The summed E-state index contributed by atoms with van der Waals surface area (Å²) in [4.78, 5) is 43.7. The second-order valence-electron chi connectivity index (χ2n) is 8.99. The van der Waals surface area contributed by atoms with Crippen LogP contribution in [0.25, 0.3) is 5.69 Å². The van der Waals surface area contributed by atoms with E-state index in [2.05, 4.69) is 27.4 Å². The lowest BCUT2D eigenvalue weighted by atomic mass is 10.0. The Morgan fingerprint density at radius 3 is 2.47 bits per heavy atom. The fourth-order valence-electron chi connectivity index (χ4n) is 4.35. The standard InChI is InChI=1S/C26H29FN6O3/c1-17-3-2-13-32(15-17)14-12-29-26(36)23-22(24(28)34)30-16-33(23)21-10-8-20(9-11-21)31-25(35)18-4-6-19(27)7-5-18/h4-11,16-17H,2-3,12-15H2,1H3,(H2,28,34)(H,29,36)(H,31,35). The summed E-state index contributed by atoms with van der Waals surface area (Å²) in [5.41, 5.74) is 6.79. The molecule has 1 atom stereocenters. The number of aromatic nitrogens is 2.